The number of nitro groups is 1. The van der Waals surface area contributed by atoms with Crippen molar-refractivity contribution in [3.8, 4) is 11.5 Å². The lowest BCUT2D eigenvalue weighted by Crippen LogP contribution is -1.89. The fraction of sp³-hybridized carbons (Fsp3) is 0. The zero-order chi connectivity index (χ0) is 13.4. The molecule has 0 saturated carbocycles. The Kier molecular flexibility index (Phi) is 2.64. The summed E-state index contributed by atoms with van der Waals surface area (Å²) in [6.45, 7) is 0. The van der Waals surface area contributed by atoms with Gasteiger partial charge >= 0.3 is 0 Å². The summed E-state index contributed by atoms with van der Waals surface area (Å²) in [4.78, 5) is 18.5. The molecule has 3 rings (SSSR count). The van der Waals surface area contributed by atoms with Crippen LogP contribution < -0.4 is 0 Å². The van der Waals surface area contributed by atoms with E-state index >= 15 is 0 Å². The smallest absolute Gasteiger partial charge is 0.270 e. The lowest BCUT2D eigenvalue weighted by Gasteiger charge is -1.98. The van der Waals surface area contributed by atoms with Gasteiger partial charge in [-0.05, 0) is 18.2 Å². The van der Waals surface area contributed by atoms with Crippen LogP contribution in [-0.2, 0) is 0 Å². The number of oxazole rings is 1. The van der Waals surface area contributed by atoms with Crippen molar-refractivity contribution in [3.05, 3.63) is 51.7 Å². The second-order valence-corrected chi connectivity index (χ2v) is 4.17. The quantitative estimate of drug-likeness (QED) is 0.528. The molecular formula is C12H6ClN3O3. The van der Waals surface area contributed by atoms with Gasteiger partial charge in [-0.2, -0.15) is 4.98 Å². The average molecular weight is 276 g/mol. The Bertz CT molecular complexity index is 752. The van der Waals surface area contributed by atoms with E-state index < -0.39 is 4.92 Å². The van der Waals surface area contributed by atoms with Crippen molar-refractivity contribution in [3.63, 3.8) is 0 Å². The first-order valence-electron chi connectivity index (χ1n) is 5.31. The molecule has 0 aliphatic rings. The summed E-state index contributed by atoms with van der Waals surface area (Å²) in [5.74, 6) is 0.211. The Morgan fingerprint density at radius 2 is 2.16 bits per heavy atom. The molecule has 0 fully saturated rings. The van der Waals surface area contributed by atoms with Crippen molar-refractivity contribution in [2.75, 3.05) is 0 Å². The Balaban J connectivity index is 2.20. The van der Waals surface area contributed by atoms with Crippen LogP contribution in [0.5, 0.6) is 0 Å². The van der Waals surface area contributed by atoms with Gasteiger partial charge in [0, 0.05) is 18.3 Å². The molecule has 1 aromatic carbocycles. The molecule has 0 N–H and O–H groups in total. The third kappa shape index (κ3) is 2.02. The van der Waals surface area contributed by atoms with Gasteiger partial charge in [0.1, 0.15) is 0 Å². The zero-order valence-corrected chi connectivity index (χ0v) is 10.2. The molecule has 7 heteroatoms. The molecular weight excluding hydrogens is 270 g/mol. The molecule has 6 nitrogen and oxygen atoms in total. The van der Waals surface area contributed by atoms with Crippen LogP contribution in [-0.4, -0.2) is 14.9 Å². The van der Waals surface area contributed by atoms with Crippen molar-refractivity contribution >= 4 is 28.5 Å². The summed E-state index contributed by atoms with van der Waals surface area (Å²) in [6, 6.07) is 7.52. The van der Waals surface area contributed by atoms with E-state index in [0.29, 0.717) is 21.8 Å². The zero-order valence-electron chi connectivity index (χ0n) is 9.41. The van der Waals surface area contributed by atoms with Crippen molar-refractivity contribution in [2.24, 2.45) is 0 Å². The second-order valence-electron chi connectivity index (χ2n) is 3.77. The summed E-state index contributed by atoms with van der Waals surface area (Å²) >= 11 is 6.02. The molecule has 0 aliphatic carbocycles. The van der Waals surface area contributed by atoms with E-state index in [0.717, 1.165) is 0 Å². The largest absolute Gasteiger partial charge is 0.434 e. The molecule has 0 bridgehead atoms. The fourth-order valence-electron chi connectivity index (χ4n) is 1.67. The number of nitro benzene ring substituents is 1. The van der Waals surface area contributed by atoms with Crippen LogP contribution in [0.1, 0.15) is 0 Å². The molecule has 0 saturated heterocycles. The van der Waals surface area contributed by atoms with Gasteiger partial charge in [-0.3, -0.25) is 10.1 Å². The van der Waals surface area contributed by atoms with E-state index in [-0.39, 0.29) is 11.6 Å². The Morgan fingerprint density at radius 3 is 2.89 bits per heavy atom. The number of halogens is 1. The van der Waals surface area contributed by atoms with Gasteiger partial charge in [0.2, 0.25) is 5.89 Å². The Morgan fingerprint density at radius 1 is 1.32 bits per heavy atom. The molecule has 0 spiro atoms. The van der Waals surface area contributed by atoms with E-state index in [9.17, 15) is 10.1 Å². The van der Waals surface area contributed by atoms with Crippen LogP contribution >= 0.6 is 11.6 Å². The van der Waals surface area contributed by atoms with Crippen LogP contribution in [0.4, 0.5) is 5.69 Å². The highest BCUT2D eigenvalue weighted by molar-refractivity contribution is 6.33. The summed E-state index contributed by atoms with van der Waals surface area (Å²) in [5, 5.41) is 11.1. The number of non-ortho nitro benzene ring substituents is 1. The number of hydrogen-bond donors (Lipinski definition) is 0. The molecule has 0 radical (unpaired) electrons. The number of fused-ring (bicyclic) bond motifs is 1. The molecule has 3 aromatic rings. The number of rotatable bonds is 2. The Labute approximate surface area is 111 Å². The Hall–Kier alpha value is -2.47. The SMILES string of the molecule is O=[N+]([O-])c1ccc(Cl)c(-c2nc3ncccc3o2)c1. The van der Waals surface area contributed by atoms with Crippen molar-refractivity contribution < 1.29 is 9.34 Å². The lowest BCUT2D eigenvalue weighted by molar-refractivity contribution is -0.384. The molecule has 2 aromatic heterocycles. The maximum atomic E-state index is 10.8. The van der Waals surface area contributed by atoms with Gasteiger partial charge in [0.25, 0.3) is 5.69 Å². The molecule has 94 valence electrons. The van der Waals surface area contributed by atoms with Gasteiger partial charge in [-0.1, -0.05) is 11.6 Å². The first-order chi connectivity index (χ1) is 9.15. The highest BCUT2D eigenvalue weighted by Gasteiger charge is 2.16. The van der Waals surface area contributed by atoms with E-state index in [2.05, 4.69) is 9.97 Å². The molecule has 0 unspecified atom stereocenters. The minimum atomic E-state index is -0.499. The topological polar surface area (TPSA) is 82.1 Å². The number of nitrogens with zero attached hydrogens (tertiary/aromatic N) is 3. The number of aromatic nitrogens is 2. The average Bonchev–Trinajstić information content (AvgIpc) is 2.82. The number of benzene rings is 1. The van der Waals surface area contributed by atoms with Crippen LogP contribution in [0.15, 0.2) is 40.9 Å². The minimum absolute atomic E-state index is 0.0744. The van der Waals surface area contributed by atoms with E-state index in [1.165, 1.54) is 18.2 Å². The normalized spacial score (nSPS) is 10.8. The van der Waals surface area contributed by atoms with Crippen molar-refractivity contribution in [2.45, 2.75) is 0 Å². The van der Waals surface area contributed by atoms with E-state index in [1.54, 1.807) is 18.3 Å². The molecule has 0 atom stereocenters. The summed E-state index contributed by atoms with van der Waals surface area (Å²) in [7, 11) is 0. The predicted molar refractivity (Wildman–Crippen MR) is 68.9 cm³/mol. The maximum absolute atomic E-state index is 10.8. The van der Waals surface area contributed by atoms with Gasteiger partial charge in [-0.25, -0.2) is 4.98 Å². The lowest BCUT2D eigenvalue weighted by atomic mass is 10.2. The molecule has 2 heterocycles. The number of pyridine rings is 1. The van der Waals surface area contributed by atoms with Crippen LogP contribution in [0, 0.1) is 10.1 Å². The van der Waals surface area contributed by atoms with Crippen LogP contribution in [0.2, 0.25) is 5.02 Å². The predicted octanol–water partition coefficient (Wildman–Crippen LogP) is 3.45. The van der Waals surface area contributed by atoms with Crippen molar-refractivity contribution in [1.29, 1.82) is 0 Å². The van der Waals surface area contributed by atoms with Crippen LogP contribution in [0.25, 0.3) is 22.7 Å². The monoisotopic (exact) mass is 275 g/mol. The maximum Gasteiger partial charge on any atom is 0.270 e. The standard InChI is InChI=1S/C12H6ClN3O3/c13-9-4-3-7(16(17)18)6-8(9)12-15-11-10(19-12)2-1-5-14-11/h1-6H. The minimum Gasteiger partial charge on any atom is -0.434 e. The number of hydrogen-bond acceptors (Lipinski definition) is 5. The third-order valence-electron chi connectivity index (χ3n) is 2.56. The van der Waals surface area contributed by atoms with Crippen LogP contribution in [0.3, 0.4) is 0 Å². The highest BCUT2D eigenvalue weighted by Crippen LogP contribution is 2.32. The molecule has 0 aliphatic heterocycles. The molecule has 0 amide bonds. The van der Waals surface area contributed by atoms with E-state index in [4.69, 9.17) is 16.0 Å². The third-order valence-corrected chi connectivity index (χ3v) is 2.89. The van der Waals surface area contributed by atoms with Crippen molar-refractivity contribution in [1.82, 2.24) is 9.97 Å². The molecule has 19 heavy (non-hydrogen) atoms. The van der Waals surface area contributed by atoms with Gasteiger partial charge < -0.3 is 4.42 Å². The fourth-order valence-corrected chi connectivity index (χ4v) is 1.87. The highest BCUT2D eigenvalue weighted by atomic mass is 35.5. The summed E-state index contributed by atoms with van der Waals surface area (Å²) < 4.78 is 5.49. The first-order valence-corrected chi connectivity index (χ1v) is 5.69. The van der Waals surface area contributed by atoms with E-state index in [1.807, 2.05) is 0 Å². The summed E-state index contributed by atoms with van der Waals surface area (Å²) in [5.41, 5.74) is 1.23. The van der Waals surface area contributed by atoms with Gasteiger partial charge in [0.05, 0.1) is 15.5 Å². The first kappa shape index (κ1) is 11.6. The summed E-state index contributed by atoms with van der Waals surface area (Å²) in [6.07, 6.45) is 1.59. The van der Waals surface area contributed by atoms with Gasteiger partial charge in [-0.15, -0.1) is 0 Å². The second kappa shape index (κ2) is 4.33. The van der Waals surface area contributed by atoms with Gasteiger partial charge in [0.15, 0.2) is 11.2 Å².